The zero-order valence-electron chi connectivity index (χ0n) is 14.0. The maximum atomic E-state index is 13.5. The van der Waals surface area contributed by atoms with Crippen molar-refractivity contribution in [2.24, 2.45) is 0 Å². The summed E-state index contributed by atoms with van der Waals surface area (Å²) in [6.07, 6.45) is 1.55. The van der Waals surface area contributed by atoms with Gasteiger partial charge in [-0.05, 0) is 43.9 Å². The summed E-state index contributed by atoms with van der Waals surface area (Å²) in [6.45, 7) is 0.332. The molecule has 0 aliphatic carbocycles. The van der Waals surface area contributed by atoms with Crippen LogP contribution < -0.4 is 5.32 Å². The summed E-state index contributed by atoms with van der Waals surface area (Å²) >= 11 is 0. The van der Waals surface area contributed by atoms with E-state index in [0.717, 1.165) is 5.56 Å². The first-order chi connectivity index (χ1) is 12.0. The van der Waals surface area contributed by atoms with Crippen LogP contribution in [0.5, 0.6) is 0 Å². The fourth-order valence-electron chi connectivity index (χ4n) is 2.59. The lowest BCUT2D eigenvalue weighted by molar-refractivity contribution is 0.0937. The van der Waals surface area contributed by atoms with Crippen LogP contribution in [-0.2, 0) is 0 Å². The number of benzene rings is 1. The molecule has 3 rings (SSSR count). The molecule has 3 aromatic rings. The lowest BCUT2D eigenvalue weighted by Crippen LogP contribution is -2.34. The van der Waals surface area contributed by atoms with Crippen LogP contribution in [0.4, 0.5) is 4.39 Å². The Morgan fingerprint density at radius 3 is 2.84 bits per heavy atom. The van der Waals surface area contributed by atoms with Crippen LogP contribution in [-0.4, -0.2) is 41.6 Å². The van der Waals surface area contributed by atoms with Gasteiger partial charge in [0.2, 0.25) is 0 Å². The minimum absolute atomic E-state index is 0.150. The average Bonchev–Trinajstić information content (AvgIpc) is 3.26. The van der Waals surface area contributed by atoms with Crippen LogP contribution in [0.25, 0.3) is 11.5 Å². The van der Waals surface area contributed by atoms with Crippen molar-refractivity contribution in [1.29, 1.82) is 0 Å². The number of nitrogens with one attached hydrogen (secondary N) is 2. The summed E-state index contributed by atoms with van der Waals surface area (Å²) in [5, 5.41) is 9.63. The molecule has 1 aromatic carbocycles. The molecule has 0 aliphatic rings. The van der Waals surface area contributed by atoms with E-state index in [2.05, 4.69) is 15.5 Å². The highest BCUT2D eigenvalue weighted by Gasteiger charge is 2.18. The predicted octanol–water partition coefficient (Wildman–Crippen LogP) is 2.84. The van der Waals surface area contributed by atoms with Crippen LogP contribution in [0.1, 0.15) is 22.1 Å². The third-order valence-electron chi connectivity index (χ3n) is 3.91. The normalized spacial score (nSPS) is 12.3. The second-order valence-corrected chi connectivity index (χ2v) is 5.89. The molecule has 2 aromatic heterocycles. The molecule has 6 nitrogen and oxygen atoms in total. The number of nitrogens with zero attached hydrogens (tertiary/aromatic N) is 2. The smallest absolute Gasteiger partial charge is 0.271 e. The maximum Gasteiger partial charge on any atom is 0.271 e. The first-order valence-electron chi connectivity index (χ1n) is 7.84. The summed E-state index contributed by atoms with van der Waals surface area (Å²) in [4.78, 5) is 14.3. The first kappa shape index (κ1) is 16.9. The number of H-pyrrole nitrogens is 1. The van der Waals surface area contributed by atoms with Gasteiger partial charge >= 0.3 is 0 Å². The van der Waals surface area contributed by atoms with Gasteiger partial charge in [-0.3, -0.25) is 9.89 Å². The van der Waals surface area contributed by atoms with Crippen molar-refractivity contribution in [2.45, 2.75) is 6.04 Å². The number of carbonyl (C=O) groups excluding carboxylic acids is 1. The van der Waals surface area contributed by atoms with Gasteiger partial charge in [-0.25, -0.2) is 4.39 Å². The number of aromatic nitrogens is 2. The molecule has 0 saturated carbocycles. The van der Waals surface area contributed by atoms with Crippen molar-refractivity contribution in [3.63, 3.8) is 0 Å². The SMILES string of the molecule is CN(C)C(CNC(=O)c1cc(-c2ccco2)[nH]n1)c1cccc(F)c1. The van der Waals surface area contributed by atoms with Gasteiger partial charge < -0.3 is 14.6 Å². The van der Waals surface area contributed by atoms with E-state index in [1.807, 2.05) is 25.1 Å². The number of aromatic amines is 1. The Labute approximate surface area is 144 Å². The molecule has 0 spiro atoms. The molecule has 1 unspecified atom stereocenters. The Morgan fingerprint density at radius 2 is 2.16 bits per heavy atom. The number of hydrogen-bond donors (Lipinski definition) is 2. The van der Waals surface area contributed by atoms with Crippen molar-refractivity contribution in [1.82, 2.24) is 20.4 Å². The summed E-state index contributed by atoms with van der Waals surface area (Å²) in [6, 6.07) is 11.4. The Bertz CT molecular complexity index is 842. The van der Waals surface area contributed by atoms with Crippen molar-refractivity contribution >= 4 is 5.91 Å². The number of amides is 1. The molecule has 0 aliphatic heterocycles. The molecule has 1 amide bonds. The molecular formula is C18H19FN4O2. The summed E-state index contributed by atoms with van der Waals surface area (Å²) in [5.41, 5.74) is 1.69. The second-order valence-electron chi connectivity index (χ2n) is 5.89. The zero-order valence-corrected chi connectivity index (χ0v) is 14.0. The fourth-order valence-corrected chi connectivity index (χ4v) is 2.59. The van der Waals surface area contributed by atoms with E-state index in [1.165, 1.54) is 12.1 Å². The molecule has 2 heterocycles. The van der Waals surface area contributed by atoms with Gasteiger partial charge in [-0.15, -0.1) is 0 Å². The lowest BCUT2D eigenvalue weighted by atomic mass is 10.1. The molecule has 0 bridgehead atoms. The average molecular weight is 342 g/mol. The van der Waals surface area contributed by atoms with Gasteiger partial charge in [0, 0.05) is 12.6 Å². The van der Waals surface area contributed by atoms with Gasteiger partial charge in [0.15, 0.2) is 11.5 Å². The Balaban J connectivity index is 1.68. The fraction of sp³-hybridized carbons (Fsp3) is 0.222. The number of carbonyl (C=O) groups is 1. The number of likely N-dealkylation sites (N-methyl/N-ethyl adjacent to an activating group) is 1. The Hall–Kier alpha value is -2.93. The van der Waals surface area contributed by atoms with E-state index in [9.17, 15) is 9.18 Å². The Kier molecular flexibility index (Phi) is 4.95. The van der Waals surface area contributed by atoms with Crippen molar-refractivity contribution in [3.8, 4) is 11.5 Å². The quantitative estimate of drug-likeness (QED) is 0.722. The third-order valence-corrected chi connectivity index (χ3v) is 3.91. The van der Waals surface area contributed by atoms with E-state index < -0.39 is 0 Å². The molecule has 0 fully saturated rings. The number of halogens is 1. The summed E-state index contributed by atoms with van der Waals surface area (Å²) in [7, 11) is 3.76. The minimum Gasteiger partial charge on any atom is -0.463 e. The molecule has 0 radical (unpaired) electrons. The van der Waals surface area contributed by atoms with Gasteiger partial charge in [-0.1, -0.05) is 12.1 Å². The van der Waals surface area contributed by atoms with E-state index in [1.54, 1.807) is 30.5 Å². The monoisotopic (exact) mass is 342 g/mol. The highest BCUT2D eigenvalue weighted by atomic mass is 19.1. The number of hydrogen-bond acceptors (Lipinski definition) is 4. The lowest BCUT2D eigenvalue weighted by Gasteiger charge is -2.25. The third kappa shape index (κ3) is 3.95. The van der Waals surface area contributed by atoms with Crippen LogP contribution in [0, 0.1) is 5.82 Å². The van der Waals surface area contributed by atoms with E-state index >= 15 is 0 Å². The highest BCUT2D eigenvalue weighted by molar-refractivity contribution is 5.93. The number of furan rings is 1. The van der Waals surface area contributed by atoms with Crippen LogP contribution in [0.2, 0.25) is 0 Å². The maximum absolute atomic E-state index is 13.5. The summed E-state index contributed by atoms with van der Waals surface area (Å²) < 4.78 is 18.7. The first-order valence-corrected chi connectivity index (χ1v) is 7.84. The molecule has 2 N–H and O–H groups in total. The molecular weight excluding hydrogens is 323 g/mol. The van der Waals surface area contributed by atoms with Crippen molar-refractivity contribution in [2.75, 3.05) is 20.6 Å². The molecule has 25 heavy (non-hydrogen) atoms. The van der Waals surface area contributed by atoms with Crippen LogP contribution in [0.15, 0.2) is 53.1 Å². The topological polar surface area (TPSA) is 74.2 Å². The van der Waals surface area contributed by atoms with Crippen molar-refractivity contribution in [3.05, 3.63) is 65.8 Å². The van der Waals surface area contributed by atoms with Gasteiger partial charge in [0.05, 0.1) is 12.3 Å². The van der Waals surface area contributed by atoms with Crippen molar-refractivity contribution < 1.29 is 13.6 Å². The predicted molar refractivity (Wildman–Crippen MR) is 91.5 cm³/mol. The van der Waals surface area contributed by atoms with Gasteiger partial charge in [0.1, 0.15) is 11.5 Å². The van der Waals surface area contributed by atoms with Crippen LogP contribution in [0.3, 0.4) is 0 Å². The van der Waals surface area contributed by atoms with Crippen LogP contribution >= 0.6 is 0 Å². The largest absolute Gasteiger partial charge is 0.463 e. The molecule has 1 atom stereocenters. The van der Waals surface area contributed by atoms with E-state index in [0.29, 0.717) is 18.0 Å². The van der Waals surface area contributed by atoms with Gasteiger partial charge in [-0.2, -0.15) is 5.10 Å². The molecule has 0 saturated heterocycles. The summed E-state index contributed by atoms with van der Waals surface area (Å²) in [5.74, 6) is 0.000792. The van der Waals surface area contributed by atoms with Gasteiger partial charge in [0.25, 0.3) is 5.91 Å². The molecule has 130 valence electrons. The van der Waals surface area contributed by atoms with E-state index in [4.69, 9.17) is 4.42 Å². The standard InChI is InChI=1S/C18H19FN4O2/c1-23(2)16(12-5-3-6-13(19)9-12)11-20-18(24)15-10-14(21-22-15)17-7-4-8-25-17/h3-10,16H,11H2,1-2H3,(H,20,24)(H,21,22). The molecule has 7 heteroatoms. The minimum atomic E-state index is -0.308. The highest BCUT2D eigenvalue weighted by Crippen LogP contribution is 2.19. The zero-order chi connectivity index (χ0) is 17.8. The Morgan fingerprint density at radius 1 is 1.32 bits per heavy atom. The number of rotatable bonds is 6. The van der Waals surface area contributed by atoms with E-state index in [-0.39, 0.29) is 23.5 Å². The second kappa shape index (κ2) is 7.31.